The van der Waals surface area contributed by atoms with Crippen molar-refractivity contribution in [3.63, 3.8) is 0 Å². The van der Waals surface area contributed by atoms with Gasteiger partial charge in [0.2, 0.25) is 0 Å². The fourth-order valence-electron chi connectivity index (χ4n) is 2.93. The molecule has 8 heteroatoms. The van der Waals surface area contributed by atoms with Crippen LogP contribution < -0.4 is 5.32 Å². The zero-order valence-electron chi connectivity index (χ0n) is 15.5. The molecule has 4 aromatic rings. The third kappa shape index (κ3) is 4.51. The monoisotopic (exact) mass is 408 g/mol. The van der Waals surface area contributed by atoms with Gasteiger partial charge >= 0.3 is 0 Å². The lowest BCUT2D eigenvalue weighted by Crippen LogP contribution is -2.38. The van der Waals surface area contributed by atoms with E-state index in [1.807, 2.05) is 65.5 Å². The number of fused-ring (bicyclic) bond motifs is 1. The highest BCUT2D eigenvalue weighted by atomic mass is 32.1. The van der Waals surface area contributed by atoms with E-state index in [-0.39, 0.29) is 6.54 Å². The maximum atomic E-state index is 12.3. The molecule has 29 heavy (non-hydrogen) atoms. The van der Waals surface area contributed by atoms with Crippen LogP contribution >= 0.6 is 11.3 Å². The van der Waals surface area contributed by atoms with Gasteiger partial charge in [-0.3, -0.25) is 9.48 Å². The van der Waals surface area contributed by atoms with Gasteiger partial charge in [-0.05, 0) is 29.3 Å². The van der Waals surface area contributed by atoms with Crippen molar-refractivity contribution < 1.29 is 15.0 Å². The Kier molecular flexibility index (Phi) is 5.66. The van der Waals surface area contributed by atoms with E-state index in [0.29, 0.717) is 11.6 Å². The molecule has 2 aromatic heterocycles. The molecule has 0 fully saturated rings. The number of benzene rings is 2. The van der Waals surface area contributed by atoms with Crippen molar-refractivity contribution in [1.82, 2.24) is 20.1 Å². The van der Waals surface area contributed by atoms with Crippen LogP contribution in [0.3, 0.4) is 0 Å². The molecule has 0 saturated heterocycles. The van der Waals surface area contributed by atoms with Crippen molar-refractivity contribution in [3.8, 4) is 0 Å². The van der Waals surface area contributed by atoms with Crippen molar-refractivity contribution in [1.29, 1.82) is 0 Å². The van der Waals surface area contributed by atoms with Crippen LogP contribution in [0, 0.1) is 0 Å². The number of aromatic nitrogens is 3. The van der Waals surface area contributed by atoms with Crippen molar-refractivity contribution in [2.75, 3.05) is 0 Å². The molecule has 0 radical (unpaired) electrons. The standard InChI is InChI=1S/C21H20N4O3S/c26-18(19(27)21-24-16-4-1-2-5-17(16)29-21)20(28)22-12-14-6-8-15(9-7-14)13-25-11-3-10-23-25/h1-11,18-19,26-27H,12-13H2,(H,22,28). The average Bonchev–Trinajstić information content (AvgIpc) is 3.41. The number of thiazole rings is 1. The first kappa shape index (κ1) is 19.3. The Morgan fingerprint density at radius 2 is 1.83 bits per heavy atom. The molecule has 2 aromatic carbocycles. The molecular weight excluding hydrogens is 388 g/mol. The van der Waals surface area contributed by atoms with Crippen LogP contribution in [0.4, 0.5) is 0 Å². The number of amides is 1. The zero-order valence-corrected chi connectivity index (χ0v) is 16.3. The number of hydrogen-bond donors (Lipinski definition) is 3. The van der Waals surface area contributed by atoms with E-state index >= 15 is 0 Å². The molecule has 1 amide bonds. The first-order valence-corrected chi connectivity index (χ1v) is 9.96. The number of nitrogens with one attached hydrogen (secondary N) is 1. The third-order valence-corrected chi connectivity index (χ3v) is 5.63. The van der Waals surface area contributed by atoms with E-state index < -0.39 is 18.1 Å². The SMILES string of the molecule is O=C(NCc1ccc(Cn2cccn2)cc1)C(O)C(O)c1nc2ccccc2s1. The summed E-state index contributed by atoms with van der Waals surface area (Å²) in [5.74, 6) is -0.641. The molecule has 0 aliphatic carbocycles. The minimum absolute atomic E-state index is 0.254. The summed E-state index contributed by atoms with van der Waals surface area (Å²) in [4.78, 5) is 16.6. The van der Waals surface area contributed by atoms with Crippen molar-refractivity contribution in [2.45, 2.75) is 25.3 Å². The van der Waals surface area contributed by atoms with E-state index in [9.17, 15) is 15.0 Å². The topological polar surface area (TPSA) is 100 Å². The Morgan fingerprint density at radius 1 is 1.07 bits per heavy atom. The first-order chi connectivity index (χ1) is 14.1. The van der Waals surface area contributed by atoms with Gasteiger partial charge in [0.15, 0.2) is 6.10 Å². The Bertz CT molecular complexity index is 1060. The Labute approximate surface area is 171 Å². The molecule has 0 aliphatic heterocycles. The van der Waals surface area contributed by atoms with E-state index in [2.05, 4.69) is 15.4 Å². The summed E-state index contributed by atoms with van der Waals surface area (Å²) in [6.07, 6.45) is 0.669. The van der Waals surface area contributed by atoms with Gasteiger partial charge in [0.1, 0.15) is 11.1 Å². The maximum absolute atomic E-state index is 12.3. The van der Waals surface area contributed by atoms with Gasteiger partial charge in [-0.15, -0.1) is 11.3 Å². The van der Waals surface area contributed by atoms with Crippen molar-refractivity contribution >= 4 is 27.5 Å². The predicted molar refractivity (Wildman–Crippen MR) is 110 cm³/mol. The summed E-state index contributed by atoms with van der Waals surface area (Å²) in [5.41, 5.74) is 2.72. The number of nitrogens with zero attached hydrogens (tertiary/aromatic N) is 3. The molecule has 7 nitrogen and oxygen atoms in total. The van der Waals surface area contributed by atoms with Gasteiger partial charge in [-0.2, -0.15) is 5.10 Å². The first-order valence-electron chi connectivity index (χ1n) is 9.15. The van der Waals surface area contributed by atoms with Crippen LogP contribution in [0.1, 0.15) is 22.2 Å². The van der Waals surface area contributed by atoms with Crippen LogP contribution in [-0.4, -0.2) is 37.0 Å². The summed E-state index contributed by atoms with van der Waals surface area (Å²) in [6.45, 7) is 0.928. The number of carbonyl (C=O) groups excluding carboxylic acids is 1. The Balaban J connectivity index is 1.33. The number of aliphatic hydroxyl groups excluding tert-OH is 2. The second-order valence-corrected chi connectivity index (χ2v) is 7.71. The minimum atomic E-state index is -1.59. The average molecular weight is 408 g/mol. The van der Waals surface area contributed by atoms with Gasteiger partial charge in [-0.25, -0.2) is 4.98 Å². The summed E-state index contributed by atoms with van der Waals surface area (Å²) in [5, 5.41) is 27.7. The molecule has 0 aliphatic rings. The van der Waals surface area contributed by atoms with Gasteiger partial charge in [0.05, 0.1) is 16.8 Å². The van der Waals surface area contributed by atoms with Crippen LogP contribution in [0.2, 0.25) is 0 Å². The van der Waals surface area contributed by atoms with Crippen LogP contribution in [0.15, 0.2) is 67.0 Å². The maximum Gasteiger partial charge on any atom is 0.252 e. The molecule has 2 atom stereocenters. The summed E-state index contributed by atoms with van der Waals surface area (Å²) in [7, 11) is 0. The van der Waals surface area contributed by atoms with Crippen molar-refractivity contribution in [2.24, 2.45) is 0 Å². The van der Waals surface area contributed by atoms with Gasteiger partial charge in [0.25, 0.3) is 5.91 Å². The molecule has 0 bridgehead atoms. The molecule has 3 N–H and O–H groups in total. The lowest BCUT2D eigenvalue weighted by Gasteiger charge is -2.15. The smallest absolute Gasteiger partial charge is 0.252 e. The highest BCUT2D eigenvalue weighted by molar-refractivity contribution is 7.18. The van der Waals surface area contributed by atoms with Crippen molar-refractivity contribution in [3.05, 3.63) is 83.1 Å². The molecule has 2 heterocycles. The van der Waals surface area contributed by atoms with E-state index in [0.717, 1.165) is 21.3 Å². The quantitative estimate of drug-likeness (QED) is 0.436. The highest BCUT2D eigenvalue weighted by Gasteiger charge is 2.28. The predicted octanol–water partition coefficient (Wildman–Crippen LogP) is 2.25. The second kappa shape index (κ2) is 8.52. The van der Waals surface area contributed by atoms with E-state index in [1.54, 1.807) is 6.20 Å². The summed E-state index contributed by atoms with van der Waals surface area (Å²) >= 11 is 1.26. The van der Waals surface area contributed by atoms with Gasteiger partial charge < -0.3 is 15.5 Å². The van der Waals surface area contributed by atoms with E-state index in [4.69, 9.17) is 0 Å². The molecule has 0 spiro atoms. The van der Waals surface area contributed by atoms with Gasteiger partial charge in [-0.1, -0.05) is 36.4 Å². The van der Waals surface area contributed by atoms with Crippen LogP contribution in [-0.2, 0) is 17.9 Å². The molecular formula is C21H20N4O3S. The van der Waals surface area contributed by atoms with Crippen LogP contribution in [0.25, 0.3) is 10.2 Å². The van der Waals surface area contributed by atoms with Crippen LogP contribution in [0.5, 0.6) is 0 Å². The fraction of sp³-hybridized carbons (Fsp3) is 0.190. The lowest BCUT2D eigenvalue weighted by atomic mass is 10.1. The number of para-hydroxylation sites is 1. The number of aliphatic hydroxyl groups is 2. The summed E-state index contributed by atoms with van der Waals surface area (Å²) < 4.78 is 2.72. The number of carbonyl (C=O) groups is 1. The van der Waals surface area contributed by atoms with Gasteiger partial charge in [0, 0.05) is 18.9 Å². The largest absolute Gasteiger partial charge is 0.383 e. The number of rotatable bonds is 7. The molecule has 4 rings (SSSR count). The summed E-state index contributed by atoms with van der Waals surface area (Å²) in [6, 6.07) is 17.1. The molecule has 148 valence electrons. The van der Waals surface area contributed by atoms with E-state index in [1.165, 1.54) is 11.3 Å². The minimum Gasteiger partial charge on any atom is -0.383 e. The fourth-order valence-corrected chi connectivity index (χ4v) is 3.92. The number of hydrogen-bond acceptors (Lipinski definition) is 6. The Morgan fingerprint density at radius 3 is 2.55 bits per heavy atom. The lowest BCUT2D eigenvalue weighted by molar-refractivity contribution is -0.135. The second-order valence-electron chi connectivity index (χ2n) is 6.65. The Hall–Kier alpha value is -3.07. The highest BCUT2D eigenvalue weighted by Crippen LogP contribution is 2.28. The molecule has 2 unspecified atom stereocenters. The normalized spacial score (nSPS) is 13.3. The molecule has 0 saturated carbocycles. The zero-order chi connectivity index (χ0) is 20.2. The third-order valence-electron chi connectivity index (χ3n) is 4.52.